The zero-order chi connectivity index (χ0) is 41.6. The number of hydrogen-bond donors (Lipinski definition) is 1. The first kappa shape index (κ1) is 42.4. The van der Waals surface area contributed by atoms with Gasteiger partial charge in [0.05, 0.1) is 48.3 Å². The van der Waals surface area contributed by atoms with E-state index in [2.05, 4.69) is 9.71 Å². The number of nitrogens with zero attached hydrogens (tertiary/aromatic N) is 2. The maximum Gasteiger partial charge on any atom is 0.427 e. The molecule has 1 aromatic heterocycles. The molecule has 3 fully saturated rings. The fourth-order valence-corrected chi connectivity index (χ4v) is 8.99. The molecule has 4 aliphatic rings. The highest BCUT2D eigenvalue weighted by molar-refractivity contribution is 7.91. The highest BCUT2D eigenvalue weighted by Gasteiger charge is 2.63. The number of esters is 1. The minimum absolute atomic E-state index is 0.0523. The lowest BCUT2D eigenvalue weighted by Gasteiger charge is -2.33. The molecule has 13 nitrogen and oxygen atoms in total. The van der Waals surface area contributed by atoms with E-state index >= 15 is 0 Å². The summed E-state index contributed by atoms with van der Waals surface area (Å²) in [6.07, 6.45) is -0.534. The number of allylic oxidation sites excluding steroid dienone is 2. The number of methoxy groups -OCH3 is 1. The van der Waals surface area contributed by atoms with Gasteiger partial charge in [0, 0.05) is 31.0 Å². The maximum atomic E-state index is 14.8. The van der Waals surface area contributed by atoms with Crippen LogP contribution in [0.15, 0.2) is 42.6 Å². The number of ketones is 1. The molecule has 17 heteroatoms. The topological polar surface area (TPSA) is 167 Å². The molecule has 0 bridgehead atoms. The standard InChI is InChI=1S/C40H50F3N3O10S/c1-6-32-29(20-33(48)56-37(2,3)40(41,42)43)35(49)46-23-27(55-34-28-12-11-26(53-5)18-24(28)13-16-44-34)19-30(46)31(47)22-39(21-25(39)10-8-7-9-17-54-32)36(50)45-57(51,52)38(4)14-15-38/h8,10-13,16,18,25,27,29-30,32H,6-7,9,14-15,17,19-23H2,1-5H3,(H,45,50)/b10-8-/t25-,27-,29+,30+,32+,39-/m1/s1. The molecule has 57 heavy (non-hydrogen) atoms. The van der Waals surface area contributed by atoms with Crippen LogP contribution in [-0.4, -0.2) is 96.9 Å². The molecule has 0 spiro atoms. The summed E-state index contributed by atoms with van der Waals surface area (Å²) in [5.41, 5.74) is -4.24. The SMILES string of the molecule is CC[C@@H]1OCCC/C=C\[C@@H]2C[C@@]2(C(=O)NS(=O)(=O)C2(C)CC2)CC(=O)[C@@H]2C[C@@H](Oc3nccc4cc(OC)ccc34)CN2C(=O)[C@H]1CC(=O)OC(C)(C)C(F)(F)F. The van der Waals surface area contributed by atoms with E-state index < -0.39 is 98.5 Å². The number of rotatable bonds is 10. The number of pyridine rings is 1. The minimum Gasteiger partial charge on any atom is -0.497 e. The Morgan fingerprint density at radius 3 is 2.54 bits per heavy atom. The zero-order valence-corrected chi connectivity index (χ0v) is 33.5. The fraction of sp³-hybridized carbons (Fsp3) is 0.625. The number of Topliss-reactive ketones (excluding diaryl/α,β-unsaturated/α-hetero) is 1. The second-order valence-electron chi connectivity index (χ2n) is 16.4. The summed E-state index contributed by atoms with van der Waals surface area (Å²) in [6, 6.07) is 5.83. The van der Waals surface area contributed by atoms with Crippen LogP contribution in [0, 0.1) is 17.3 Å². The number of halogens is 3. The quantitative estimate of drug-likeness (QED) is 0.234. The third-order valence-electron chi connectivity index (χ3n) is 11.9. The Morgan fingerprint density at radius 1 is 1.14 bits per heavy atom. The van der Waals surface area contributed by atoms with Gasteiger partial charge in [-0.2, -0.15) is 13.2 Å². The molecule has 0 unspecified atom stereocenters. The molecule has 312 valence electrons. The van der Waals surface area contributed by atoms with Crippen molar-refractivity contribution < 1.29 is 59.7 Å². The maximum absolute atomic E-state index is 14.8. The van der Waals surface area contributed by atoms with Crippen molar-refractivity contribution >= 4 is 44.4 Å². The van der Waals surface area contributed by atoms with Crippen LogP contribution in [0.2, 0.25) is 0 Å². The number of amides is 2. The molecule has 2 aromatic rings. The first-order chi connectivity index (χ1) is 26.7. The van der Waals surface area contributed by atoms with Gasteiger partial charge >= 0.3 is 12.1 Å². The molecular weight excluding hydrogens is 772 g/mol. The predicted molar refractivity (Wildman–Crippen MR) is 200 cm³/mol. The van der Waals surface area contributed by atoms with E-state index in [1.54, 1.807) is 44.2 Å². The third kappa shape index (κ3) is 8.78. The number of fused-ring (bicyclic) bond motifs is 3. The number of benzene rings is 1. The van der Waals surface area contributed by atoms with Gasteiger partial charge in [0.1, 0.15) is 11.9 Å². The smallest absolute Gasteiger partial charge is 0.427 e. The van der Waals surface area contributed by atoms with Crippen molar-refractivity contribution in [3.05, 3.63) is 42.6 Å². The van der Waals surface area contributed by atoms with Crippen molar-refractivity contribution in [2.24, 2.45) is 17.3 Å². The highest BCUT2D eigenvalue weighted by atomic mass is 32.2. The van der Waals surface area contributed by atoms with Crippen molar-refractivity contribution in [3.63, 3.8) is 0 Å². The average Bonchev–Trinajstić information content (AvgIpc) is 4.02. The van der Waals surface area contributed by atoms with Crippen LogP contribution in [0.5, 0.6) is 11.6 Å². The molecule has 1 N–H and O–H groups in total. The largest absolute Gasteiger partial charge is 0.497 e. The Hall–Kier alpha value is -4.25. The van der Waals surface area contributed by atoms with E-state index in [0.29, 0.717) is 50.7 Å². The lowest BCUT2D eigenvalue weighted by atomic mass is 9.90. The Kier molecular flexibility index (Phi) is 11.8. The normalized spacial score (nSPS) is 28.6. The number of alkyl halides is 3. The Balaban J connectivity index is 1.35. The number of hydrogen-bond acceptors (Lipinski definition) is 11. The van der Waals surface area contributed by atoms with E-state index in [1.165, 1.54) is 18.2 Å². The summed E-state index contributed by atoms with van der Waals surface area (Å²) in [4.78, 5) is 62.2. The number of nitrogens with one attached hydrogen (secondary N) is 1. The molecule has 1 aromatic carbocycles. The summed E-state index contributed by atoms with van der Waals surface area (Å²) in [7, 11) is -2.50. The monoisotopic (exact) mass is 821 g/mol. The molecule has 2 amide bonds. The number of aromatic nitrogens is 1. The molecule has 3 heterocycles. The summed E-state index contributed by atoms with van der Waals surface area (Å²) < 4.78 is 91.5. The lowest BCUT2D eigenvalue weighted by molar-refractivity contribution is -0.257. The van der Waals surface area contributed by atoms with Gasteiger partial charge in [-0.1, -0.05) is 19.1 Å². The number of carbonyl (C=O) groups excluding carboxylic acids is 4. The van der Waals surface area contributed by atoms with Gasteiger partial charge in [-0.05, 0) is 94.9 Å². The number of ether oxygens (including phenoxy) is 4. The molecule has 0 radical (unpaired) electrons. The van der Waals surface area contributed by atoms with Gasteiger partial charge in [-0.25, -0.2) is 13.4 Å². The second-order valence-corrected chi connectivity index (χ2v) is 18.6. The number of carbonyl (C=O) groups is 4. The van der Waals surface area contributed by atoms with Crippen LogP contribution >= 0.6 is 0 Å². The highest BCUT2D eigenvalue weighted by Crippen LogP contribution is 2.57. The lowest BCUT2D eigenvalue weighted by Crippen LogP contribution is -2.50. The molecule has 2 aliphatic heterocycles. The predicted octanol–water partition coefficient (Wildman–Crippen LogP) is 5.59. The zero-order valence-electron chi connectivity index (χ0n) is 32.7. The van der Waals surface area contributed by atoms with Gasteiger partial charge in [0.15, 0.2) is 5.78 Å². The molecule has 2 saturated carbocycles. The summed E-state index contributed by atoms with van der Waals surface area (Å²) >= 11 is 0. The van der Waals surface area contributed by atoms with Crippen molar-refractivity contribution in [2.75, 3.05) is 20.3 Å². The Labute approximate surface area is 330 Å². The van der Waals surface area contributed by atoms with Gasteiger partial charge in [0.25, 0.3) is 0 Å². The first-order valence-corrected chi connectivity index (χ1v) is 20.8. The van der Waals surface area contributed by atoms with Crippen LogP contribution < -0.4 is 14.2 Å². The Bertz CT molecular complexity index is 2040. The van der Waals surface area contributed by atoms with E-state index in [1.807, 2.05) is 6.08 Å². The van der Waals surface area contributed by atoms with Crippen LogP contribution in [0.1, 0.15) is 85.5 Å². The first-order valence-electron chi connectivity index (χ1n) is 19.3. The molecule has 2 aliphatic carbocycles. The fourth-order valence-electron chi connectivity index (χ4n) is 7.66. The van der Waals surface area contributed by atoms with E-state index in [0.717, 1.165) is 5.39 Å². The molecule has 6 atom stereocenters. The van der Waals surface area contributed by atoms with Crippen molar-refractivity contribution in [1.82, 2.24) is 14.6 Å². The average molecular weight is 822 g/mol. The van der Waals surface area contributed by atoms with Crippen LogP contribution in [0.3, 0.4) is 0 Å². The number of sulfonamides is 1. The van der Waals surface area contributed by atoms with Crippen LogP contribution in [0.4, 0.5) is 13.2 Å². The van der Waals surface area contributed by atoms with Gasteiger partial charge in [0.2, 0.25) is 33.3 Å². The Morgan fingerprint density at radius 2 is 1.88 bits per heavy atom. The van der Waals surface area contributed by atoms with Crippen molar-refractivity contribution in [1.29, 1.82) is 0 Å². The van der Waals surface area contributed by atoms with Gasteiger partial charge < -0.3 is 23.8 Å². The van der Waals surface area contributed by atoms with E-state index in [4.69, 9.17) is 18.9 Å². The summed E-state index contributed by atoms with van der Waals surface area (Å²) in [5.74, 6) is -4.30. The van der Waals surface area contributed by atoms with E-state index in [-0.39, 0.29) is 38.3 Å². The van der Waals surface area contributed by atoms with Gasteiger partial charge in [-0.3, -0.25) is 23.9 Å². The van der Waals surface area contributed by atoms with E-state index in [9.17, 15) is 40.8 Å². The minimum atomic E-state index is -4.89. The molecule has 6 rings (SSSR count). The summed E-state index contributed by atoms with van der Waals surface area (Å²) in [5, 5.41) is 1.37. The van der Waals surface area contributed by atoms with Crippen molar-refractivity contribution in [2.45, 2.75) is 120 Å². The van der Waals surface area contributed by atoms with Crippen LogP contribution in [-0.2, 0) is 38.7 Å². The van der Waals surface area contributed by atoms with Gasteiger partial charge in [-0.15, -0.1) is 0 Å². The third-order valence-corrected chi connectivity index (χ3v) is 14.0. The van der Waals surface area contributed by atoms with Crippen LogP contribution in [0.25, 0.3) is 10.8 Å². The second kappa shape index (κ2) is 15.8. The van der Waals surface area contributed by atoms with Crippen molar-refractivity contribution in [3.8, 4) is 11.6 Å². The summed E-state index contributed by atoms with van der Waals surface area (Å²) in [6.45, 7) is 4.66. The molecular formula is C40H50F3N3O10S. The molecule has 1 saturated heterocycles.